The zero-order chi connectivity index (χ0) is 11.4. The van der Waals surface area contributed by atoms with Gasteiger partial charge in [0.05, 0.1) is 12.2 Å². The van der Waals surface area contributed by atoms with Crippen LogP contribution >= 0.6 is 0 Å². The molecule has 2 bridgehead atoms. The normalized spacial score (nSPS) is 41.2. The van der Waals surface area contributed by atoms with E-state index in [1.54, 1.807) is 0 Å². The lowest BCUT2D eigenvalue weighted by atomic mass is 9.59. The lowest BCUT2D eigenvalue weighted by molar-refractivity contribution is 0.0591. The molecule has 0 aromatic carbocycles. The van der Waals surface area contributed by atoms with Crippen molar-refractivity contribution in [2.24, 2.45) is 22.7 Å². The predicted octanol–water partition coefficient (Wildman–Crippen LogP) is 3.87. The minimum absolute atomic E-state index is 0.387. The van der Waals surface area contributed by atoms with E-state index in [9.17, 15) is 0 Å². The van der Waals surface area contributed by atoms with Crippen LogP contribution in [0, 0.1) is 22.7 Å². The van der Waals surface area contributed by atoms with Crippen LogP contribution in [-0.2, 0) is 4.74 Å². The number of ether oxygens (including phenoxy) is 1. The molecule has 2 saturated heterocycles. The van der Waals surface area contributed by atoms with E-state index in [0.29, 0.717) is 23.0 Å². The fourth-order valence-electron chi connectivity index (χ4n) is 3.87. The van der Waals surface area contributed by atoms with Gasteiger partial charge < -0.3 is 4.74 Å². The Bertz CT molecular complexity index is 217. The molecule has 1 nitrogen and oxygen atoms in total. The molecule has 0 unspecified atom stereocenters. The van der Waals surface area contributed by atoms with E-state index in [1.807, 2.05) is 0 Å². The maximum atomic E-state index is 6.15. The number of hydrogen-bond acceptors (Lipinski definition) is 1. The topological polar surface area (TPSA) is 9.23 Å². The van der Waals surface area contributed by atoms with Crippen molar-refractivity contribution in [2.45, 2.75) is 66.6 Å². The number of hydrogen-bond donors (Lipinski definition) is 0. The first-order valence-electron chi connectivity index (χ1n) is 6.37. The largest absolute Gasteiger partial charge is 0.374 e. The highest BCUT2D eigenvalue weighted by atomic mass is 16.5. The van der Waals surface area contributed by atoms with Gasteiger partial charge in [0.15, 0.2) is 0 Å². The van der Waals surface area contributed by atoms with Crippen molar-refractivity contribution in [2.75, 3.05) is 0 Å². The lowest BCUT2D eigenvalue weighted by Gasteiger charge is -2.44. The molecule has 15 heavy (non-hydrogen) atoms. The van der Waals surface area contributed by atoms with Crippen LogP contribution in [0.4, 0.5) is 0 Å². The second-order valence-electron chi connectivity index (χ2n) is 7.57. The average Bonchev–Trinajstić information content (AvgIpc) is 2.56. The first-order chi connectivity index (χ1) is 6.71. The van der Waals surface area contributed by atoms with Gasteiger partial charge in [0.1, 0.15) is 0 Å². The molecule has 88 valence electrons. The van der Waals surface area contributed by atoms with Crippen molar-refractivity contribution >= 4 is 0 Å². The van der Waals surface area contributed by atoms with Crippen LogP contribution in [-0.4, -0.2) is 12.2 Å². The highest BCUT2D eigenvalue weighted by Gasteiger charge is 2.56. The van der Waals surface area contributed by atoms with Crippen molar-refractivity contribution < 1.29 is 4.74 Å². The maximum Gasteiger partial charge on any atom is 0.0617 e. The zero-order valence-corrected chi connectivity index (χ0v) is 11.1. The molecule has 4 atom stereocenters. The molecule has 2 rings (SSSR count). The summed E-state index contributed by atoms with van der Waals surface area (Å²) in [5.74, 6) is 1.49. The molecule has 2 heterocycles. The minimum Gasteiger partial charge on any atom is -0.374 e. The molecule has 2 fully saturated rings. The lowest BCUT2D eigenvalue weighted by Crippen LogP contribution is -2.42. The quantitative estimate of drug-likeness (QED) is 0.589. The number of fused-ring (bicyclic) bond motifs is 2. The van der Waals surface area contributed by atoms with Gasteiger partial charge in [0, 0.05) is 0 Å². The molecule has 0 aliphatic carbocycles. The smallest absolute Gasteiger partial charge is 0.0617 e. The monoisotopic (exact) mass is 210 g/mol. The SMILES string of the molecule is CC(C)(C)[C@@H]1[C@H](C(C)(C)C)[C@@H]2CC[C@H]1O2. The molecule has 0 saturated carbocycles. The van der Waals surface area contributed by atoms with Gasteiger partial charge in [0.2, 0.25) is 0 Å². The minimum atomic E-state index is 0.387. The Balaban J connectivity index is 2.28. The van der Waals surface area contributed by atoms with Crippen molar-refractivity contribution in [3.63, 3.8) is 0 Å². The maximum absolute atomic E-state index is 6.15. The molecular weight excluding hydrogens is 184 g/mol. The predicted molar refractivity (Wildman–Crippen MR) is 63.8 cm³/mol. The fraction of sp³-hybridized carbons (Fsp3) is 1.00. The van der Waals surface area contributed by atoms with E-state index in [0.717, 1.165) is 11.8 Å². The van der Waals surface area contributed by atoms with Gasteiger partial charge in [-0.1, -0.05) is 41.5 Å². The third-order valence-corrected chi connectivity index (χ3v) is 4.27. The highest BCUT2D eigenvalue weighted by molar-refractivity contribution is 5.04. The average molecular weight is 210 g/mol. The molecule has 1 heteroatoms. The van der Waals surface area contributed by atoms with Crippen LogP contribution in [0.2, 0.25) is 0 Å². The molecule has 2 aliphatic heterocycles. The Hall–Kier alpha value is -0.0400. The first-order valence-corrected chi connectivity index (χ1v) is 6.37. The van der Waals surface area contributed by atoms with E-state index in [-0.39, 0.29) is 0 Å². The summed E-state index contributed by atoms with van der Waals surface area (Å²) in [6.07, 6.45) is 3.66. The summed E-state index contributed by atoms with van der Waals surface area (Å²) < 4.78 is 6.15. The van der Waals surface area contributed by atoms with Gasteiger partial charge in [-0.15, -0.1) is 0 Å². The van der Waals surface area contributed by atoms with Gasteiger partial charge in [-0.25, -0.2) is 0 Å². The van der Waals surface area contributed by atoms with Crippen LogP contribution in [0.1, 0.15) is 54.4 Å². The second-order valence-corrected chi connectivity index (χ2v) is 7.57. The molecule has 0 aromatic rings. The van der Waals surface area contributed by atoms with E-state index >= 15 is 0 Å². The van der Waals surface area contributed by atoms with Crippen LogP contribution < -0.4 is 0 Å². The van der Waals surface area contributed by atoms with Gasteiger partial charge in [0.25, 0.3) is 0 Å². The van der Waals surface area contributed by atoms with Crippen LogP contribution in [0.25, 0.3) is 0 Å². The Labute approximate surface area is 94.6 Å². The molecular formula is C14H26O. The Kier molecular flexibility index (Phi) is 2.46. The standard InChI is InChI=1S/C14H26O/c1-13(2,3)11-9-7-8-10(15-9)12(11)14(4,5)6/h9-12H,7-8H2,1-6H3/t9-,10+,11+,12-. The third-order valence-electron chi connectivity index (χ3n) is 4.27. The fourth-order valence-corrected chi connectivity index (χ4v) is 3.87. The second kappa shape index (κ2) is 3.23. The Morgan fingerprint density at radius 2 is 1.07 bits per heavy atom. The van der Waals surface area contributed by atoms with E-state index < -0.39 is 0 Å². The summed E-state index contributed by atoms with van der Waals surface area (Å²) in [5.41, 5.74) is 0.773. The van der Waals surface area contributed by atoms with Crippen molar-refractivity contribution in [3.05, 3.63) is 0 Å². The van der Waals surface area contributed by atoms with Gasteiger partial charge in [-0.05, 0) is 35.5 Å². The highest BCUT2D eigenvalue weighted by Crippen LogP contribution is 2.56. The van der Waals surface area contributed by atoms with Gasteiger partial charge in [-0.2, -0.15) is 0 Å². The van der Waals surface area contributed by atoms with E-state index in [4.69, 9.17) is 4.74 Å². The van der Waals surface area contributed by atoms with E-state index in [2.05, 4.69) is 41.5 Å². The third kappa shape index (κ3) is 1.84. The molecule has 0 radical (unpaired) electrons. The van der Waals surface area contributed by atoms with Crippen molar-refractivity contribution in [3.8, 4) is 0 Å². The molecule has 0 aromatic heterocycles. The molecule has 0 N–H and O–H groups in total. The summed E-state index contributed by atoms with van der Waals surface area (Å²) in [6.45, 7) is 14.3. The molecule has 2 aliphatic rings. The summed E-state index contributed by atoms with van der Waals surface area (Å²) >= 11 is 0. The van der Waals surface area contributed by atoms with Crippen LogP contribution in [0.5, 0.6) is 0 Å². The van der Waals surface area contributed by atoms with Crippen LogP contribution in [0.15, 0.2) is 0 Å². The summed E-state index contributed by atoms with van der Waals surface area (Å²) in [7, 11) is 0. The summed E-state index contributed by atoms with van der Waals surface area (Å²) in [5, 5.41) is 0. The van der Waals surface area contributed by atoms with Gasteiger partial charge >= 0.3 is 0 Å². The number of rotatable bonds is 0. The molecule has 0 amide bonds. The van der Waals surface area contributed by atoms with Crippen LogP contribution in [0.3, 0.4) is 0 Å². The van der Waals surface area contributed by atoms with E-state index in [1.165, 1.54) is 12.8 Å². The summed E-state index contributed by atoms with van der Waals surface area (Å²) in [4.78, 5) is 0. The Morgan fingerprint density at radius 3 is 1.33 bits per heavy atom. The van der Waals surface area contributed by atoms with Crippen molar-refractivity contribution in [1.29, 1.82) is 0 Å². The molecule has 0 spiro atoms. The summed E-state index contributed by atoms with van der Waals surface area (Å²) in [6, 6.07) is 0. The van der Waals surface area contributed by atoms with Crippen molar-refractivity contribution in [1.82, 2.24) is 0 Å². The van der Waals surface area contributed by atoms with Gasteiger partial charge in [-0.3, -0.25) is 0 Å². The zero-order valence-electron chi connectivity index (χ0n) is 11.1. The Morgan fingerprint density at radius 1 is 0.733 bits per heavy atom. The first kappa shape index (κ1) is 11.4.